The molecule has 0 saturated heterocycles. The van der Waals surface area contributed by atoms with Crippen LogP contribution in [0, 0.1) is 13.8 Å². The normalized spacial score (nSPS) is 11.2. The van der Waals surface area contributed by atoms with Crippen LogP contribution in [0.1, 0.15) is 11.4 Å². The fourth-order valence-corrected chi connectivity index (χ4v) is 4.33. The zero-order valence-electron chi connectivity index (χ0n) is 17.7. The van der Waals surface area contributed by atoms with E-state index in [4.69, 9.17) is 9.47 Å². The van der Waals surface area contributed by atoms with Gasteiger partial charge in [0.15, 0.2) is 5.82 Å². The van der Waals surface area contributed by atoms with Gasteiger partial charge in [0.25, 0.3) is 10.0 Å². The van der Waals surface area contributed by atoms with Crippen LogP contribution in [0.4, 0.5) is 5.69 Å². The Bertz CT molecular complexity index is 1330. The highest BCUT2D eigenvalue weighted by Gasteiger charge is 2.19. The molecule has 32 heavy (non-hydrogen) atoms. The van der Waals surface area contributed by atoms with E-state index < -0.39 is 10.0 Å². The maximum Gasteiger partial charge on any atom is 0.265 e. The van der Waals surface area contributed by atoms with E-state index >= 15 is 0 Å². The molecule has 1 N–H and O–H groups in total. The first kappa shape index (κ1) is 21.3. The number of ether oxygens (including phenoxy) is 2. The van der Waals surface area contributed by atoms with Gasteiger partial charge in [-0.05, 0) is 62.4 Å². The highest BCUT2D eigenvalue weighted by atomic mass is 32.2. The maximum absolute atomic E-state index is 12.7. The number of anilines is 1. The first-order valence-electron chi connectivity index (χ1n) is 9.67. The van der Waals surface area contributed by atoms with Crippen LogP contribution in [0.5, 0.6) is 17.4 Å². The van der Waals surface area contributed by atoms with Crippen LogP contribution in [0.2, 0.25) is 0 Å². The molecule has 2 heterocycles. The monoisotopic (exact) mass is 451 g/mol. The van der Waals surface area contributed by atoms with Gasteiger partial charge in [-0.2, -0.15) is 5.10 Å². The third-order valence-corrected chi connectivity index (χ3v) is 5.96. The number of hydrogen-bond acceptors (Lipinski definition) is 7. The first-order valence-corrected chi connectivity index (χ1v) is 11.2. The van der Waals surface area contributed by atoms with Crippen LogP contribution in [0.15, 0.2) is 71.6 Å². The van der Waals surface area contributed by atoms with Gasteiger partial charge in [-0.25, -0.2) is 13.1 Å². The highest BCUT2D eigenvalue weighted by Crippen LogP contribution is 2.27. The third kappa shape index (κ3) is 4.54. The molecule has 0 fully saturated rings. The maximum atomic E-state index is 12.7. The average molecular weight is 452 g/mol. The topological polar surface area (TPSA) is 108 Å². The molecule has 9 nitrogen and oxygen atoms in total. The van der Waals surface area contributed by atoms with Gasteiger partial charge < -0.3 is 9.47 Å². The van der Waals surface area contributed by atoms with E-state index in [1.807, 2.05) is 19.9 Å². The van der Waals surface area contributed by atoms with Crippen molar-refractivity contribution >= 4 is 15.7 Å². The molecular formula is C22H21N5O4S. The van der Waals surface area contributed by atoms with Crippen molar-refractivity contribution in [3.63, 3.8) is 0 Å². The number of aryl methyl sites for hydroxylation is 2. The van der Waals surface area contributed by atoms with Crippen LogP contribution in [0.3, 0.4) is 0 Å². The van der Waals surface area contributed by atoms with Crippen molar-refractivity contribution in [2.45, 2.75) is 18.7 Å². The van der Waals surface area contributed by atoms with Gasteiger partial charge in [0, 0.05) is 17.4 Å². The summed E-state index contributed by atoms with van der Waals surface area (Å²) in [6.45, 7) is 3.85. The summed E-state index contributed by atoms with van der Waals surface area (Å²) in [6.07, 6.45) is 0. The number of aromatic nitrogens is 4. The fourth-order valence-electron chi connectivity index (χ4n) is 3.10. The Morgan fingerprint density at radius 3 is 2.31 bits per heavy atom. The van der Waals surface area contributed by atoms with Gasteiger partial charge in [0.05, 0.1) is 12.8 Å². The molecule has 164 valence electrons. The number of benzene rings is 2. The predicted molar refractivity (Wildman–Crippen MR) is 119 cm³/mol. The second-order valence-corrected chi connectivity index (χ2v) is 8.60. The zero-order valence-corrected chi connectivity index (χ0v) is 18.5. The van der Waals surface area contributed by atoms with Gasteiger partial charge in [-0.1, -0.05) is 12.1 Å². The van der Waals surface area contributed by atoms with Crippen LogP contribution in [-0.2, 0) is 10.0 Å². The molecule has 10 heteroatoms. The Morgan fingerprint density at radius 2 is 1.69 bits per heavy atom. The number of rotatable bonds is 7. The Morgan fingerprint density at radius 1 is 0.938 bits per heavy atom. The number of para-hydroxylation sites is 1. The SMILES string of the molecule is COc1ccccc1S(=O)(=O)Nc1ccc(Oc2ccc(-n3nc(C)cc3C)nn2)cc1. The van der Waals surface area contributed by atoms with Crippen molar-refractivity contribution < 1.29 is 17.9 Å². The standard InChI is InChI=1S/C22H21N5O4S/c1-15-14-16(2)27(25-15)21-12-13-22(24-23-21)31-18-10-8-17(9-11-18)26-32(28,29)20-7-5-4-6-19(20)30-3/h4-14,26H,1-3H3. The third-order valence-electron chi connectivity index (χ3n) is 4.54. The van der Waals surface area contributed by atoms with E-state index in [-0.39, 0.29) is 10.6 Å². The molecule has 4 aromatic rings. The van der Waals surface area contributed by atoms with Crippen LogP contribution in [0.25, 0.3) is 5.82 Å². The van der Waals surface area contributed by atoms with Crippen molar-refractivity contribution in [3.8, 4) is 23.2 Å². The Hall–Kier alpha value is -3.92. The summed E-state index contributed by atoms with van der Waals surface area (Å²) >= 11 is 0. The van der Waals surface area contributed by atoms with Crippen molar-refractivity contribution in [2.75, 3.05) is 11.8 Å². The Balaban J connectivity index is 1.45. The molecule has 0 saturated carbocycles. The number of hydrogen-bond donors (Lipinski definition) is 1. The van der Waals surface area contributed by atoms with Gasteiger partial charge in [0.1, 0.15) is 16.4 Å². The number of nitrogens with one attached hydrogen (secondary N) is 1. The minimum absolute atomic E-state index is 0.0563. The first-order chi connectivity index (χ1) is 15.4. The van der Waals surface area contributed by atoms with E-state index in [2.05, 4.69) is 20.0 Å². The quantitative estimate of drug-likeness (QED) is 0.454. The lowest BCUT2D eigenvalue weighted by Gasteiger charge is -2.12. The molecule has 0 amide bonds. The molecule has 0 aliphatic rings. The summed E-state index contributed by atoms with van der Waals surface area (Å²) in [5, 5.41) is 12.6. The lowest BCUT2D eigenvalue weighted by atomic mass is 10.3. The molecule has 4 rings (SSSR count). The van der Waals surface area contributed by atoms with Gasteiger partial charge in [0.2, 0.25) is 5.88 Å². The minimum atomic E-state index is -3.81. The van der Waals surface area contributed by atoms with Gasteiger partial charge in [-0.3, -0.25) is 4.72 Å². The number of sulfonamides is 1. The molecule has 0 spiro atoms. The fraction of sp³-hybridized carbons (Fsp3) is 0.136. The molecule has 0 aliphatic heterocycles. The van der Waals surface area contributed by atoms with Crippen LogP contribution in [-0.4, -0.2) is 35.5 Å². The molecule has 0 unspecified atom stereocenters. The van der Waals surface area contributed by atoms with Crippen molar-refractivity contribution in [3.05, 3.63) is 78.1 Å². The smallest absolute Gasteiger partial charge is 0.265 e. The highest BCUT2D eigenvalue weighted by molar-refractivity contribution is 7.92. The molecule has 0 aliphatic carbocycles. The largest absolute Gasteiger partial charge is 0.495 e. The van der Waals surface area contributed by atoms with E-state index in [0.717, 1.165) is 11.4 Å². The molecule has 2 aromatic heterocycles. The second-order valence-electron chi connectivity index (χ2n) is 6.95. The van der Waals surface area contributed by atoms with E-state index in [9.17, 15) is 8.42 Å². The lowest BCUT2D eigenvalue weighted by molar-refractivity contribution is 0.403. The molecular weight excluding hydrogens is 430 g/mol. The summed E-state index contributed by atoms with van der Waals surface area (Å²) in [5.74, 6) is 1.64. The van der Waals surface area contributed by atoms with Crippen molar-refractivity contribution in [2.24, 2.45) is 0 Å². The van der Waals surface area contributed by atoms with Crippen LogP contribution < -0.4 is 14.2 Å². The average Bonchev–Trinajstić information content (AvgIpc) is 3.13. The zero-order chi connectivity index (χ0) is 22.7. The van der Waals surface area contributed by atoms with Gasteiger partial charge in [-0.15, -0.1) is 10.2 Å². The molecule has 2 aromatic carbocycles. The minimum Gasteiger partial charge on any atom is -0.495 e. The summed E-state index contributed by atoms with van der Waals surface area (Å²) in [5.41, 5.74) is 2.23. The summed E-state index contributed by atoms with van der Waals surface area (Å²) in [4.78, 5) is 0.0563. The summed E-state index contributed by atoms with van der Waals surface area (Å²) in [7, 11) is -2.38. The number of nitrogens with zero attached hydrogens (tertiary/aromatic N) is 4. The predicted octanol–water partition coefficient (Wildman–Crippen LogP) is 3.88. The molecule has 0 atom stereocenters. The lowest BCUT2D eigenvalue weighted by Crippen LogP contribution is -2.13. The summed E-state index contributed by atoms with van der Waals surface area (Å²) in [6, 6.07) is 18.3. The van der Waals surface area contributed by atoms with E-state index in [1.54, 1.807) is 59.3 Å². The van der Waals surface area contributed by atoms with Crippen molar-refractivity contribution in [1.82, 2.24) is 20.0 Å². The summed E-state index contributed by atoms with van der Waals surface area (Å²) < 4.78 is 40.5. The Kier molecular flexibility index (Phi) is 5.78. The van der Waals surface area contributed by atoms with Gasteiger partial charge >= 0.3 is 0 Å². The van der Waals surface area contributed by atoms with E-state index in [1.165, 1.54) is 13.2 Å². The number of methoxy groups -OCH3 is 1. The Labute approximate surface area is 185 Å². The molecule has 0 bridgehead atoms. The second kappa shape index (κ2) is 8.67. The molecule has 0 radical (unpaired) electrons. The van der Waals surface area contributed by atoms with Crippen molar-refractivity contribution in [1.29, 1.82) is 0 Å². The van der Waals surface area contributed by atoms with Crippen LogP contribution >= 0.6 is 0 Å². The van der Waals surface area contributed by atoms with E-state index in [0.29, 0.717) is 23.1 Å².